The van der Waals surface area contributed by atoms with Crippen molar-refractivity contribution in [2.75, 3.05) is 55.8 Å². The largest absolute Gasteiger partial charge is 0.355 e. The molecule has 2 aliphatic heterocycles. The number of likely N-dealkylation sites (N-methyl/N-ethyl adjacent to an activating group) is 1. The van der Waals surface area contributed by atoms with Gasteiger partial charge in [-0.3, -0.25) is 14.5 Å². The summed E-state index contributed by atoms with van der Waals surface area (Å²) < 4.78 is 29.7. The molecule has 39 heavy (non-hydrogen) atoms. The Balaban J connectivity index is 1.44. The molecule has 1 aromatic carbocycles. The van der Waals surface area contributed by atoms with Crippen molar-refractivity contribution in [3.63, 3.8) is 0 Å². The Labute approximate surface area is 229 Å². The summed E-state index contributed by atoms with van der Waals surface area (Å²) in [6.07, 6.45) is 8.27. The van der Waals surface area contributed by atoms with Crippen molar-refractivity contribution >= 4 is 44.2 Å². The van der Waals surface area contributed by atoms with Crippen LogP contribution in [0.4, 0.5) is 17.2 Å². The number of carbonyl (C=O) groups is 1. The number of fused-ring (bicyclic) bond motifs is 4. The zero-order valence-electron chi connectivity index (χ0n) is 22.9. The maximum atomic E-state index is 13.2. The first-order chi connectivity index (χ1) is 18.6. The maximum absolute atomic E-state index is 13.2. The summed E-state index contributed by atoms with van der Waals surface area (Å²) in [5.41, 5.74) is 4.47. The lowest BCUT2D eigenvalue weighted by molar-refractivity contribution is -0.125. The van der Waals surface area contributed by atoms with Gasteiger partial charge in [0.25, 0.3) is 0 Å². The molecule has 2 aromatic heterocycles. The maximum Gasteiger partial charge on any atom is 0.301 e. The number of nitrogens with one attached hydrogen (secondary N) is 2. The molecule has 0 atom stereocenters. The topological polar surface area (TPSA) is 111 Å². The third kappa shape index (κ3) is 4.14. The fraction of sp³-hybridized carbons (Fsp3) is 0.464. The molecule has 0 bridgehead atoms. The molecule has 1 amide bonds. The number of rotatable bonds is 6. The Bertz CT molecular complexity index is 1560. The highest BCUT2D eigenvalue weighted by Gasteiger charge is 2.54. The van der Waals surface area contributed by atoms with E-state index in [1.165, 1.54) is 14.1 Å². The highest BCUT2D eigenvalue weighted by molar-refractivity contribution is 7.90. The Hall–Kier alpha value is -3.28. The molecule has 1 saturated carbocycles. The van der Waals surface area contributed by atoms with Crippen molar-refractivity contribution in [2.24, 2.45) is 0 Å². The molecule has 2 fully saturated rings. The number of benzene rings is 1. The van der Waals surface area contributed by atoms with E-state index < -0.39 is 15.6 Å². The number of nitrogens with zero attached hydrogens (tertiary/aromatic N) is 5. The molecule has 1 spiro atoms. The highest BCUT2D eigenvalue weighted by atomic mass is 32.2. The normalized spacial score (nSPS) is 19.2. The smallest absolute Gasteiger partial charge is 0.301 e. The minimum atomic E-state index is -3.74. The van der Waals surface area contributed by atoms with E-state index in [1.807, 2.05) is 38.5 Å². The number of hydrogen-bond donors (Lipinski definition) is 2. The first-order valence-electron chi connectivity index (χ1n) is 13.5. The number of anilines is 3. The van der Waals surface area contributed by atoms with Crippen LogP contribution in [-0.2, 0) is 20.4 Å². The molecular weight excluding hydrogens is 514 g/mol. The van der Waals surface area contributed by atoms with Gasteiger partial charge in [-0.2, -0.15) is 12.7 Å². The molecule has 0 radical (unpaired) electrons. The van der Waals surface area contributed by atoms with Gasteiger partial charge in [0.1, 0.15) is 0 Å². The molecule has 1 aliphatic carbocycles. The number of carbonyl (C=O) groups excluding carboxylic acids is 1. The van der Waals surface area contributed by atoms with Gasteiger partial charge in [0.05, 0.1) is 28.5 Å². The van der Waals surface area contributed by atoms with Crippen LogP contribution in [0, 0.1) is 0 Å². The van der Waals surface area contributed by atoms with E-state index in [4.69, 9.17) is 4.98 Å². The van der Waals surface area contributed by atoms with Gasteiger partial charge in [-0.05, 0) is 56.5 Å². The molecular formula is C28H35N7O3S. The molecule has 1 saturated heterocycles. The molecule has 4 heterocycles. The van der Waals surface area contributed by atoms with E-state index in [-0.39, 0.29) is 5.91 Å². The second-order valence-electron chi connectivity index (χ2n) is 11.1. The van der Waals surface area contributed by atoms with E-state index in [2.05, 4.69) is 26.0 Å². The molecule has 6 rings (SSSR count). The van der Waals surface area contributed by atoms with Crippen molar-refractivity contribution in [3.8, 4) is 11.1 Å². The van der Waals surface area contributed by atoms with Gasteiger partial charge >= 0.3 is 10.2 Å². The van der Waals surface area contributed by atoms with E-state index in [0.29, 0.717) is 17.5 Å². The Morgan fingerprint density at radius 2 is 1.79 bits per heavy atom. The minimum absolute atomic E-state index is 0.150. The van der Waals surface area contributed by atoms with Crippen LogP contribution in [0.3, 0.4) is 0 Å². The first-order valence-corrected chi connectivity index (χ1v) is 14.9. The summed E-state index contributed by atoms with van der Waals surface area (Å²) in [6, 6.07) is 8.34. The van der Waals surface area contributed by atoms with Crippen LogP contribution in [0.1, 0.15) is 37.7 Å². The van der Waals surface area contributed by atoms with Crippen LogP contribution in [-0.4, -0.2) is 75.9 Å². The molecule has 10 nitrogen and oxygen atoms in total. The molecule has 3 aromatic rings. The van der Waals surface area contributed by atoms with Gasteiger partial charge in [-0.1, -0.05) is 12.5 Å². The lowest BCUT2D eigenvalue weighted by Gasteiger charge is -2.37. The second-order valence-corrected chi connectivity index (χ2v) is 13.0. The summed E-state index contributed by atoms with van der Waals surface area (Å²) in [5, 5.41) is 4.30. The first kappa shape index (κ1) is 26.0. The number of piperidine rings is 1. The second kappa shape index (κ2) is 9.42. The van der Waals surface area contributed by atoms with Gasteiger partial charge in [0.15, 0.2) is 5.82 Å². The Morgan fingerprint density at radius 3 is 2.44 bits per heavy atom. The lowest BCUT2D eigenvalue weighted by Crippen LogP contribution is -2.43. The SMILES string of the molecule is CNC1CCN(c2ncc(-c3ccc4ncc5c(c4c3)C3(CCC3)C(=O)N5C)cc2NS(=O)(=O)N(C)C)CC1. The number of hydrogen-bond acceptors (Lipinski definition) is 7. The highest BCUT2D eigenvalue weighted by Crippen LogP contribution is 2.55. The molecule has 206 valence electrons. The Morgan fingerprint density at radius 1 is 1.05 bits per heavy atom. The van der Waals surface area contributed by atoms with Crippen LogP contribution in [0.2, 0.25) is 0 Å². The summed E-state index contributed by atoms with van der Waals surface area (Å²) >= 11 is 0. The van der Waals surface area contributed by atoms with Crippen LogP contribution >= 0.6 is 0 Å². The van der Waals surface area contributed by atoms with E-state index >= 15 is 0 Å². The molecule has 2 N–H and O–H groups in total. The van der Waals surface area contributed by atoms with Crippen molar-refractivity contribution in [1.29, 1.82) is 0 Å². The summed E-state index contributed by atoms with van der Waals surface area (Å²) in [6.45, 7) is 1.57. The van der Waals surface area contributed by atoms with Crippen molar-refractivity contribution in [1.82, 2.24) is 19.6 Å². The molecule has 0 unspecified atom stereocenters. The fourth-order valence-corrected chi connectivity index (χ4v) is 6.81. The fourth-order valence-electron chi connectivity index (χ4n) is 6.20. The Kier molecular flexibility index (Phi) is 6.28. The third-order valence-electron chi connectivity index (χ3n) is 8.73. The van der Waals surface area contributed by atoms with Crippen molar-refractivity contribution < 1.29 is 13.2 Å². The summed E-state index contributed by atoms with van der Waals surface area (Å²) in [4.78, 5) is 26.6. The molecule has 3 aliphatic rings. The number of aromatic nitrogens is 2. The quantitative estimate of drug-likeness (QED) is 0.486. The van der Waals surface area contributed by atoms with Gasteiger partial charge in [0, 0.05) is 63.0 Å². The molecule has 11 heteroatoms. The van der Waals surface area contributed by atoms with E-state index in [0.717, 1.165) is 82.8 Å². The number of pyridine rings is 2. The summed E-state index contributed by atoms with van der Waals surface area (Å²) in [5.74, 6) is 0.777. The predicted octanol–water partition coefficient (Wildman–Crippen LogP) is 3.10. The van der Waals surface area contributed by atoms with Crippen molar-refractivity contribution in [2.45, 2.75) is 43.6 Å². The van der Waals surface area contributed by atoms with Gasteiger partial charge in [0.2, 0.25) is 5.91 Å². The van der Waals surface area contributed by atoms with Crippen LogP contribution < -0.4 is 19.8 Å². The van der Waals surface area contributed by atoms with Crippen molar-refractivity contribution in [3.05, 3.63) is 42.2 Å². The van der Waals surface area contributed by atoms with Crippen LogP contribution in [0.15, 0.2) is 36.7 Å². The predicted molar refractivity (Wildman–Crippen MR) is 154 cm³/mol. The standard InChI is InChI=1S/C28H35N7O3S/c1-29-20-8-12-35(13-9-20)26-23(32-39(37,38)33(2)3)15-19(16-31-26)18-6-7-22-21(14-18)25-24(17-30-22)34(4)27(36)28(25)10-5-11-28/h6-7,14-17,20,29,32H,5,8-13H2,1-4H3. The monoisotopic (exact) mass is 549 g/mol. The zero-order valence-corrected chi connectivity index (χ0v) is 23.7. The average molecular weight is 550 g/mol. The third-order valence-corrected chi connectivity index (χ3v) is 10.2. The van der Waals surface area contributed by atoms with E-state index in [1.54, 1.807) is 11.1 Å². The average Bonchev–Trinajstić information content (AvgIpc) is 3.15. The van der Waals surface area contributed by atoms with Gasteiger partial charge < -0.3 is 15.1 Å². The zero-order chi connectivity index (χ0) is 27.5. The van der Waals surface area contributed by atoms with Crippen LogP contribution in [0.25, 0.3) is 22.0 Å². The summed E-state index contributed by atoms with van der Waals surface area (Å²) in [7, 11) is 3.07. The van der Waals surface area contributed by atoms with Gasteiger partial charge in [-0.15, -0.1) is 0 Å². The minimum Gasteiger partial charge on any atom is -0.355 e. The van der Waals surface area contributed by atoms with Gasteiger partial charge in [-0.25, -0.2) is 4.98 Å². The van der Waals surface area contributed by atoms with E-state index in [9.17, 15) is 13.2 Å². The van der Waals surface area contributed by atoms with Crippen LogP contribution in [0.5, 0.6) is 0 Å². The lowest BCUT2D eigenvalue weighted by atomic mass is 9.64. The number of amides is 1.